The van der Waals surface area contributed by atoms with Crippen LogP contribution in [0.5, 0.6) is 0 Å². The van der Waals surface area contributed by atoms with E-state index in [4.69, 9.17) is 11.6 Å². The molecule has 1 aliphatic rings. The average Bonchev–Trinajstić information content (AvgIpc) is 2.44. The van der Waals surface area contributed by atoms with E-state index in [2.05, 4.69) is 39.8 Å². The van der Waals surface area contributed by atoms with Gasteiger partial charge >= 0.3 is 0 Å². The van der Waals surface area contributed by atoms with Crippen LogP contribution in [0, 0.1) is 16.7 Å². The maximum atomic E-state index is 5.93. The van der Waals surface area contributed by atoms with Crippen LogP contribution in [-0.4, -0.2) is 0 Å². The molecular formula is C16H23Cl. The van der Waals surface area contributed by atoms with Crippen LogP contribution < -0.4 is 0 Å². The molecule has 1 aromatic carbocycles. The van der Waals surface area contributed by atoms with Gasteiger partial charge in [0.25, 0.3) is 0 Å². The van der Waals surface area contributed by atoms with Crippen LogP contribution in [-0.2, 0) is 6.42 Å². The largest absolute Gasteiger partial charge is 0.0843 e. The lowest BCUT2D eigenvalue weighted by Crippen LogP contribution is -2.32. The molecule has 1 aromatic rings. The molecule has 0 spiro atoms. The van der Waals surface area contributed by atoms with Crippen molar-refractivity contribution in [2.45, 2.75) is 47.0 Å². The van der Waals surface area contributed by atoms with Crippen LogP contribution in [0.15, 0.2) is 24.3 Å². The predicted molar refractivity (Wildman–Crippen MR) is 75.4 cm³/mol. The maximum Gasteiger partial charge on any atom is 0.0406 e. The van der Waals surface area contributed by atoms with Crippen molar-refractivity contribution in [1.82, 2.24) is 0 Å². The lowest BCUT2D eigenvalue weighted by molar-refractivity contribution is 0.107. The molecule has 17 heavy (non-hydrogen) atoms. The zero-order valence-corrected chi connectivity index (χ0v) is 12.1. The summed E-state index contributed by atoms with van der Waals surface area (Å²) in [4.78, 5) is 0. The lowest BCUT2D eigenvalue weighted by Gasteiger charge is -2.39. The molecule has 0 amide bonds. The highest BCUT2D eigenvalue weighted by Crippen LogP contribution is 2.56. The van der Waals surface area contributed by atoms with Gasteiger partial charge < -0.3 is 0 Å². The zero-order chi connectivity index (χ0) is 12.7. The quantitative estimate of drug-likeness (QED) is 0.664. The van der Waals surface area contributed by atoms with Crippen LogP contribution in [0.2, 0.25) is 5.02 Å². The minimum Gasteiger partial charge on any atom is -0.0843 e. The monoisotopic (exact) mass is 250 g/mol. The van der Waals surface area contributed by atoms with Crippen LogP contribution >= 0.6 is 11.6 Å². The van der Waals surface area contributed by atoms with Gasteiger partial charge in [0.05, 0.1) is 0 Å². The Kier molecular flexibility index (Phi) is 3.29. The highest BCUT2D eigenvalue weighted by molar-refractivity contribution is 6.30. The first-order chi connectivity index (χ1) is 7.83. The second-order valence-electron chi connectivity index (χ2n) is 6.67. The molecule has 1 saturated carbocycles. The van der Waals surface area contributed by atoms with E-state index in [1.54, 1.807) is 0 Å². The fourth-order valence-corrected chi connectivity index (χ4v) is 3.16. The van der Waals surface area contributed by atoms with Crippen LogP contribution in [0.25, 0.3) is 0 Å². The Bertz CT molecular complexity index is 386. The Morgan fingerprint density at radius 2 is 1.71 bits per heavy atom. The average molecular weight is 251 g/mol. The smallest absolute Gasteiger partial charge is 0.0406 e. The minimum atomic E-state index is 0.423. The fraction of sp³-hybridized carbons (Fsp3) is 0.625. The van der Waals surface area contributed by atoms with Crippen molar-refractivity contribution in [2.75, 3.05) is 0 Å². The second-order valence-corrected chi connectivity index (χ2v) is 7.11. The zero-order valence-electron chi connectivity index (χ0n) is 11.4. The molecule has 1 aliphatic carbocycles. The summed E-state index contributed by atoms with van der Waals surface area (Å²) in [5.74, 6) is 0.790. The summed E-state index contributed by atoms with van der Waals surface area (Å²) in [6.45, 7) is 9.69. The summed E-state index contributed by atoms with van der Waals surface area (Å²) >= 11 is 5.93. The van der Waals surface area contributed by atoms with Gasteiger partial charge in [-0.05, 0) is 53.7 Å². The molecule has 0 heterocycles. The van der Waals surface area contributed by atoms with E-state index < -0.39 is 0 Å². The highest BCUT2D eigenvalue weighted by Gasteiger charge is 2.47. The Balaban J connectivity index is 2.13. The van der Waals surface area contributed by atoms with E-state index in [9.17, 15) is 0 Å². The molecule has 1 heteroatoms. The first kappa shape index (κ1) is 13.0. The maximum absolute atomic E-state index is 5.93. The number of benzene rings is 1. The topological polar surface area (TPSA) is 0 Å². The summed E-state index contributed by atoms with van der Waals surface area (Å²) < 4.78 is 0. The fourth-order valence-electron chi connectivity index (χ4n) is 3.03. The van der Waals surface area contributed by atoms with Gasteiger partial charge in [0.15, 0.2) is 0 Å². The molecular weight excluding hydrogens is 228 g/mol. The van der Waals surface area contributed by atoms with Gasteiger partial charge in [-0.1, -0.05) is 51.4 Å². The van der Waals surface area contributed by atoms with E-state index >= 15 is 0 Å². The first-order valence-corrected chi connectivity index (χ1v) is 6.95. The summed E-state index contributed by atoms with van der Waals surface area (Å²) in [5.41, 5.74) is 2.31. The SMILES string of the molecule is CC1(C)CCC(Cc2ccc(Cl)cc2)C1(C)C. The lowest BCUT2D eigenvalue weighted by atomic mass is 9.66. The molecule has 1 atom stereocenters. The van der Waals surface area contributed by atoms with Crippen molar-refractivity contribution in [3.63, 3.8) is 0 Å². The van der Waals surface area contributed by atoms with Gasteiger partial charge in [-0.3, -0.25) is 0 Å². The van der Waals surface area contributed by atoms with Gasteiger partial charge in [0.2, 0.25) is 0 Å². The third-order valence-electron chi connectivity index (χ3n) is 5.28. The standard InChI is InChI=1S/C16H23Cl/c1-15(2)10-9-13(16(15,3)4)11-12-5-7-14(17)8-6-12/h5-8,13H,9-11H2,1-4H3. The Hall–Kier alpha value is -0.490. The highest BCUT2D eigenvalue weighted by atomic mass is 35.5. The number of halogens is 1. The van der Waals surface area contributed by atoms with Gasteiger partial charge in [0, 0.05) is 5.02 Å². The minimum absolute atomic E-state index is 0.423. The number of hydrogen-bond donors (Lipinski definition) is 0. The summed E-state index contributed by atoms with van der Waals surface area (Å²) in [7, 11) is 0. The number of rotatable bonds is 2. The molecule has 94 valence electrons. The summed E-state index contributed by atoms with van der Waals surface area (Å²) in [6.07, 6.45) is 3.88. The van der Waals surface area contributed by atoms with Gasteiger partial charge in [-0.2, -0.15) is 0 Å². The Morgan fingerprint density at radius 1 is 1.12 bits per heavy atom. The Morgan fingerprint density at radius 3 is 2.18 bits per heavy atom. The van der Waals surface area contributed by atoms with Crippen molar-refractivity contribution in [2.24, 2.45) is 16.7 Å². The van der Waals surface area contributed by atoms with Gasteiger partial charge in [-0.25, -0.2) is 0 Å². The third kappa shape index (κ3) is 2.38. The van der Waals surface area contributed by atoms with Crippen molar-refractivity contribution < 1.29 is 0 Å². The number of hydrogen-bond acceptors (Lipinski definition) is 0. The molecule has 0 bridgehead atoms. The molecule has 0 radical (unpaired) electrons. The molecule has 0 nitrogen and oxygen atoms in total. The van der Waals surface area contributed by atoms with E-state index in [1.165, 1.54) is 24.8 Å². The summed E-state index contributed by atoms with van der Waals surface area (Å²) in [6, 6.07) is 8.35. The van der Waals surface area contributed by atoms with E-state index in [1.807, 2.05) is 12.1 Å². The van der Waals surface area contributed by atoms with Crippen LogP contribution in [0.4, 0.5) is 0 Å². The summed E-state index contributed by atoms with van der Waals surface area (Å²) in [5, 5.41) is 0.833. The first-order valence-electron chi connectivity index (χ1n) is 6.57. The van der Waals surface area contributed by atoms with Crippen molar-refractivity contribution in [3.05, 3.63) is 34.9 Å². The normalized spacial score (nSPS) is 26.1. The Labute approximate surface area is 110 Å². The van der Waals surface area contributed by atoms with Gasteiger partial charge in [-0.15, -0.1) is 0 Å². The molecule has 0 N–H and O–H groups in total. The molecule has 1 unspecified atom stereocenters. The van der Waals surface area contributed by atoms with E-state index in [0.29, 0.717) is 10.8 Å². The molecule has 2 rings (SSSR count). The second kappa shape index (κ2) is 4.31. The molecule has 1 fully saturated rings. The van der Waals surface area contributed by atoms with Crippen molar-refractivity contribution in [3.8, 4) is 0 Å². The molecule has 0 saturated heterocycles. The van der Waals surface area contributed by atoms with Crippen LogP contribution in [0.1, 0.15) is 46.1 Å². The molecule has 0 aliphatic heterocycles. The predicted octanol–water partition coefficient (Wildman–Crippen LogP) is 5.34. The van der Waals surface area contributed by atoms with Gasteiger partial charge in [0.1, 0.15) is 0 Å². The van der Waals surface area contributed by atoms with Crippen molar-refractivity contribution in [1.29, 1.82) is 0 Å². The molecule has 0 aromatic heterocycles. The third-order valence-corrected chi connectivity index (χ3v) is 5.53. The van der Waals surface area contributed by atoms with Crippen LogP contribution in [0.3, 0.4) is 0 Å². The van der Waals surface area contributed by atoms with E-state index in [0.717, 1.165) is 10.9 Å². The van der Waals surface area contributed by atoms with Crippen molar-refractivity contribution >= 4 is 11.6 Å². The van der Waals surface area contributed by atoms with E-state index in [-0.39, 0.29) is 0 Å².